The van der Waals surface area contributed by atoms with Crippen LogP contribution in [-0.4, -0.2) is 36.7 Å². The second-order valence-electron chi connectivity index (χ2n) is 5.65. The average Bonchev–Trinajstić information content (AvgIpc) is 2.96. The molecule has 110 valence electrons. The predicted octanol–water partition coefficient (Wildman–Crippen LogP) is 2.64. The molecule has 1 atom stereocenters. The molecule has 4 nitrogen and oxygen atoms in total. The van der Waals surface area contributed by atoms with Gasteiger partial charge in [0.25, 0.3) is 0 Å². The molecular formula is C16H24N2O2. The molecular weight excluding hydrogens is 252 g/mol. The minimum atomic E-state index is -0.212. The van der Waals surface area contributed by atoms with Crippen LogP contribution in [0, 0.1) is 5.92 Å². The molecule has 0 aromatic heterocycles. The fraction of sp³-hybridized carbons (Fsp3) is 0.562. The van der Waals surface area contributed by atoms with Crippen LogP contribution >= 0.6 is 0 Å². The third-order valence-corrected chi connectivity index (χ3v) is 3.68. The monoisotopic (exact) mass is 276 g/mol. The van der Waals surface area contributed by atoms with Gasteiger partial charge in [0.2, 0.25) is 0 Å². The number of benzene rings is 1. The molecule has 1 unspecified atom stereocenters. The van der Waals surface area contributed by atoms with Crippen LogP contribution in [0.4, 0.5) is 4.79 Å². The summed E-state index contributed by atoms with van der Waals surface area (Å²) >= 11 is 0. The van der Waals surface area contributed by atoms with Crippen molar-refractivity contribution in [3.63, 3.8) is 0 Å². The van der Waals surface area contributed by atoms with Crippen molar-refractivity contribution in [2.45, 2.75) is 32.9 Å². The Labute approximate surface area is 121 Å². The topological polar surface area (TPSA) is 41.6 Å². The minimum Gasteiger partial charge on any atom is -0.445 e. The lowest BCUT2D eigenvalue weighted by atomic mass is 10.1. The zero-order valence-electron chi connectivity index (χ0n) is 12.3. The zero-order valence-corrected chi connectivity index (χ0v) is 12.3. The summed E-state index contributed by atoms with van der Waals surface area (Å²) in [6.45, 7) is 7.23. The van der Waals surface area contributed by atoms with E-state index < -0.39 is 0 Å². The van der Waals surface area contributed by atoms with Gasteiger partial charge in [-0.3, -0.25) is 0 Å². The van der Waals surface area contributed by atoms with Crippen LogP contribution in [0.15, 0.2) is 30.3 Å². The SMILES string of the molecule is CC(C)N(CC1CCNC1)C(=O)OCc1ccccc1. The van der Waals surface area contributed by atoms with Gasteiger partial charge in [0.1, 0.15) is 6.61 Å². The van der Waals surface area contributed by atoms with Crippen molar-refractivity contribution in [1.29, 1.82) is 0 Å². The second-order valence-corrected chi connectivity index (χ2v) is 5.65. The fourth-order valence-corrected chi connectivity index (χ4v) is 2.45. The van der Waals surface area contributed by atoms with Gasteiger partial charge in [-0.15, -0.1) is 0 Å². The van der Waals surface area contributed by atoms with E-state index in [9.17, 15) is 4.79 Å². The molecule has 0 radical (unpaired) electrons. The predicted molar refractivity (Wildman–Crippen MR) is 79.4 cm³/mol. The van der Waals surface area contributed by atoms with E-state index in [1.54, 1.807) is 0 Å². The Bertz CT molecular complexity index is 414. The maximum absolute atomic E-state index is 12.2. The molecule has 1 aromatic carbocycles. The van der Waals surface area contributed by atoms with E-state index in [1.807, 2.05) is 49.1 Å². The number of hydrogen-bond donors (Lipinski definition) is 1. The number of rotatable bonds is 5. The van der Waals surface area contributed by atoms with Crippen molar-refractivity contribution < 1.29 is 9.53 Å². The summed E-state index contributed by atoms with van der Waals surface area (Å²) < 4.78 is 5.43. The van der Waals surface area contributed by atoms with Crippen LogP contribution in [0.5, 0.6) is 0 Å². The smallest absolute Gasteiger partial charge is 0.410 e. The summed E-state index contributed by atoms with van der Waals surface area (Å²) in [4.78, 5) is 14.1. The fourth-order valence-electron chi connectivity index (χ4n) is 2.45. The van der Waals surface area contributed by atoms with E-state index in [-0.39, 0.29) is 12.1 Å². The molecule has 2 rings (SSSR count). The highest BCUT2D eigenvalue weighted by molar-refractivity contribution is 5.68. The van der Waals surface area contributed by atoms with Gasteiger partial charge >= 0.3 is 6.09 Å². The maximum Gasteiger partial charge on any atom is 0.410 e. The molecule has 0 aliphatic carbocycles. The Balaban J connectivity index is 1.86. The number of amides is 1. The van der Waals surface area contributed by atoms with E-state index in [2.05, 4.69) is 5.32 Å². The molecule has 1 fully saturated rings. The number of ether oxygens (including phenoxy) is 1. The summed E-state index contributed by atoms with van der Waals surface area (Å²) in [6, 6.07) is 9.96. The first-order valence-electron chi connectivity index (χ1n) is 7.35. The molecule has 1 saturated heterocycles. The van der Waals surface area contributed by atoms with Crippen LogP contribution in [0.3, 0.4) is 0 Å². The van der Waals surface area contributed by atoms with Gasteiger partial charge < -0.3 is 15.0 Å². The van der Waals surface area contributed by atoms with Gasteiger partial charge in [-0.1, -0.05) is 30.3 Å². The first-order valence-corrected chi connectivity index (χ1v) is 7.35. The van der Waals surface area contributed by atoms with E-state index >= 15 is 0 Å². The molecule has 1 aliphatic heterocycles. The lowest BCUT2D eigenvalue weighted by Crippen LogP contribution is -2.41. The van der Waals surface area contributed by atoms with E-state index in [1.165, 1.54) is 0 Å². The highest BCUT2D eigenvalue weighted by atomic mass is 16.6. The Kier molecular flexibility index (Phi) is 5.41. The van der Waals surface area contributed by atoms with Crippen molar-refractivity contribution in [3.8, 4) is 0 Å². The largest absolute Gasteiger partial charge is 0.445 e. The van der Waals surface area contributed by atoms with Gasteiger partial charge in [0, 0.05) is 12.6 Å². The summed E-state index contributed by atoms with van der Waals surface area (Å²) in [6.07, 6.45) is 0.922. The molecule has 0 saturated carbocycles. The molecule has 1 heterocycles. The Morgan fingerprint density at radius 3 is 2.75 bits per heavy atom. The van der Waals surface area contributed by atoms with Gasteiger partial charge in [-0.25, -0.2) is 4.79 Å². The van der Waals surface area contributed by atoms with E-state index in [4.69, 9.17) is 4.74 Å². The standard InChI is InChI=1S/C16H24N2O2/c1-13(2)18(11-15-8-9-17-10-15)16(19)20-12-14-6-4-3-5-7-14/h3-7,13,15,17H,8-12H2,1-2H3. The third kappa shape index (κ3) is 4.23. The number of carbonyl (C=O) groups is 1. The van der Waals surface area contributed by atoms with Crippen LogP contribution in [0.2, 0.25) is 0 Å². The molecule has 1 amide bonds. The lowest BCUT2D eigenvalue weighted by Gasteiger charge is -2.28. The molecule has 0 bridgehead atoms. The van der Waals surface area contributed by atoms with Crippen LogP contribution in [0.1, 0.15) is 25.8 Å². The number of carbonyl (C=O) groups excluding carboxylic acids is 1. The van der Waals surface area contributed by atoms with Crippen molar-refractivity contribution in [2.24, 2.45) is 5.92 Å². The average molecular weight is 276 g/mol. The Hall–Kier alpha value is -1.55. The van der Waals surface area contributed by atoms with Crippen molar-refractivity contribution >= 4 is 6.09 Å². The Morgan fingerprint density at radius 2 is 2.15 bits per heavy atom. The lowest BCUT2D eigenvalue weighted by molar-refractivity contribution is 0.0801. The molecule has 1 N–H and O–H groups in total. The van der Waals surface area contributed by atoms with Gasteiger partial charge in [-0.2, -0.15) is 0 Å². The summed E-state index contributed by atoms with van der Waals surface area (Å²) in [5.41, 5.74) is 1.02. The molecule has 0 spiro atoms. The van der Waals surface area contributed by atoms with Gasteiger partial charge in [0.15, 0.2) is 0 Å². The van der Waals surface area contributed by atoms with Crippen LogP contribution in [0.25, 0.3) is 0 Å². The van der Waals surface area contributed by atoms with Crippen LogP contribution < -0.4 is 5.32 Å². The zero-order chi connectivity index (χ0) is 14.4. The van der Waals surface area contributed by atoms with Crippen LogP contribution in [-0.2, 0) is 11.3 Å². The highest BCUT2D eigenvalue weighted by Gasteiger charge is 2.24. The van der Waals surface area contributed by atoms with Crippen molar-refractivity contribution in [3.05, 3.63) is 35.9 Å². The first-order chi connectivity index (χ1) is 9.66. The summed E-state index contributed by atoms with van der Waals surface area (Å²) in [7, 11) is 0. The third-order valence-electron chi connectivity index (χ3n) is 3.68. The van der Waals surface area contributed by atoms with E-state index in [0.717, 1.165) is 31.6 Å². The number of nitrogens with one attached hydrogen (secondary N) is 1. The van der Waals surface area contributed by atoms with Crippen molar-refractivity contribution in [1.82, 2.24) is 10.2 Å². The highest BCUT2D eigenvalue weighted by Crippen LogP contribution is 2.14. The second kappa shape index (κ2) is 7.29. The summed E-state index contributed by atoms with van der Waals surface area (Å²) in [5.74, 6) is 0.543. The summed E-state index contributed by atoms with van der Waals surface area (Å²) in [5, 5.41) is 3.33. The van der Waals surface area contributed by atoms with E-state index in [0.29, 0.717) is 12.5 Å². The first kappa shape index (κ1) is 14.9. The van der Waals surface area contributed by atoms with Gasteiger partial charge in [0.05, 0.1) is 0 Å². The molecule has 1 aliphatic rings. The molecule has 1 aromatic rings. The minimum absolute atomic E-state index is 0.166. The molecule has 4 heteroatoms. The number of nitrogens with zero attached hydrogens (tertiary/aromatic N) is 1. The quantitative estimate of drug-likeness (QED) is 0.899. The Morgan fingerprint density at radius 1 is 1.40 bits per heavy atom. The van der Waals surface area contributed by atoms with Crippen molar-refractivity contribution in [2.75, 3.05) is 19.6 Å². The maximum atomic E-state index is 12.2. The normalized spacial score (nSPS) is 18.2. The molecule has 20 heavy (non-hydrogen) atoms. The number of hydrogen-bond acceptors (Lipinski definition) is 3. The van der Waals surface area contributed by atoms with Gasteiger partial charge in [-0.05, 0) is 44.8 Å².